The fourth-order valence-electron chi connectivity index (χ4n) is 3.91. The molecule has 1 saturated heterocycles. The average Bonchev–Trinajstić information content (AvgIpc) is 2.90. The predicted octanol–water partition coefficient (Wildman–Crippen LogP) is 4.10. The van der Waals surface area contributed by atoms with E-state index in [2.05, 4.69) is 60.9 Å². The van der Waals surface area contributed by atoms with E-state index in [0.717, 1.165) is 42.9 Å². The lowest BCUT2D eigenvalue weighted by atomic mass is 9.99. The van der Waals surface area contributed by atoms with E-state index in [1.165, 1.54) is 24.1 Å². The van der Waals surface area contributed by atoms with Gasteiger partial charge >= 0.3 is 0 Å². The molecule has 1 aromatic heterocycles. The number of hydrogen-bond acceptors (Lipinski definition) is 4. The van der Waals surface area contributed by atoms with Crippen LogP contribution in [0.4, 0.5) is 17.5 Å². The summed E-state index contributed by atoms with van der Waals surface area (Å²) < 4.78 is 0. The van der Waals surface area contributed by atoms with Crippen molar-refractivity contribution in [1.82, 2.24) is 9.97 Å². The maximum absolute atomic E-state index is 4.95. The van der Waals surface area contributed by atoms with E-state index < -0.39 is 0 Å². The molecule has 0 N–H and O–H groups in total. The van der Waals surface area contributed by atoms with Crippen LogP contribution in [0.15, 0.2) is 30.3 Å². The van der Waals surface area contributed by atoms with E-state index in [1.54, 1.807) is 0 Å². The van der Waals surface area contributed by atoms with Gasteiger partial charge in [0.15, 0.2) is 0 Å². The molecule has 1 unspecified atom stereocenters. The normalized spacial score (nSPS) is 21.2. The number of aryl methyl sites for hydroxylation is 1. The van der Waals surface area contributed by atoms with Gasteiger partial charge in [0.25, 0.3) is 0 Å². The molecule has 0 bridgehead atoms. The topological polar surface area (TPSA) is 32.3 Å². The summed E-state index contributed by atoms with van der Waals surface area (Å²) in [6.45, 7) is 8.88. The molecule has 0 saturated carbocycles. The van der Waals surface area contributed by atoms with Gasteiger partial charge in [0.1, 0.15) is 5.82 Å². The Kier molecular flexibility index (Phi) is 3.91. The van der Waals surface area contributed by atoms with Crippen LogP contribution in [0.3, 0.4) is 0 Å². The summed E-state index contributed by atoms with van der Waals surface area (Å²) in [5.41, 5.74) is 3.70. The van der Waals surface area contributed by atoms with Crippen molar-refractivity contribution in [2.24, 2.45) is 5.92 Å². The summed E-state index contributed by atoms with van der Waals surface area (Å²) in [7, 11) is 0. The number of rotatable bonds is 2. The third kappa shape index (κ3) is 2.74. The highest BCUT2D eigenvalue weighted by atomic mass is 15.3. The molecule has 1 aromatic carbocycles. The van der Waals surface area contributed by atoms with Gasteiger partial charge in [-0.25, -0.2) is 4.98 Å². The van der Waals surface area contributed by atoms with Gasteiger partial charge in [-0.05, 0) is 50.7 Å². The molecule has 1 fully saturated rings. The Labute approximate surface area is 144 Å². The lowest BCUT2D eigenvalue weighted by Crippen LogP contribution is -2.34. The quantitative estimate of drug-likeness (QED) is 0.833. The number of nitrogens with zero attached hydrogens (tertiary/aromatic N) is 4. The number of aromatic nitrogens is 2. The molecule has 126 valence electrons. The second-order valence-electron chi connectivity index (χ2n) is 7.39. The molecular formula is C20H26N4. The Morgan fingerprint density at radius 1 is 1.04 bits per heavy atom. The highest BCUT2D eigenvalue weighted by molar-refractivity contribution is 5.67. The van der Waals surface area contributed by atoms with Crippen molar-refractivity contribution in [2.75, 3.05) is 22.9 Å². The minimum Gasteiger partial charge on any atom is -0.356 e. The van der Waals surface area contributed by atoms with Crippen molar-refractivity contribution in [1.29, 1.82) is 0 Å². The van der Waals surface area contributed by atoms with Gasteiger partial charge in [-0.1, -0.05) is 25.1 Å². The van der Waals surface area contributed by atoms with Crippen molar-refractivity contribution >= 4 is 17.5 Å². The minimum absolute atomic E-state index is 0.401. The monoisotopic (exact) mass is 322 g/mol. The Morgan fingerprint density at radius 2 is 1.79 bits per heavy atom. The van der Waals surface area contributed by atoms with Gasteiger partial charge in [0, 0.05) is 36.6 Å². The third-order valence-corrected chi connectivity index (χ3v) is 5.36. The number of benzene rings is 1. The van der Waals surface area contributed by atoms with Crippen LogP contribution in [-0.4, -0.2) is 29.1 Å². The first-order valence-corrected chi connectivity index (χ1v) is 9.09. The predicted molar refractivity (Wildman–Crippen MR) is 99.1 cm³/mol. The second-order valence-corrected chi connectivity index (χ2v) is 7.39. The van der Waals surface area contributed by atoms with Crippen LogP contribution in [0.5, 0.6) is 0 Å². The molecule has 1 atom stereocenters. The first-order chi connectivity index (χ1) is 11.6. The van der Waals surface area contributed by atoms with Crippen molar-refractivity contribution < 1.29 is 0 Å². The lowest BCUT2D eigenvalue weighted by Gasteiger charge is -2.32. The lowest BCUT2D eigenvalue weighted by molar-refractivity contribution is 0.436. The van der Waals surface area contributed by atoms with Gasteiger partial charge in [0.05, 0.1) is 0 Å². The van der Waals surface area contributed by atoms with Crippen LogP contribution in [0, 0.1) is 12.8 Å². The van der Waals surface area contributed by atoms with Crippen LogP contribution in [0.25, 0.3) is 0 Å². The van der Waals surface area contributed by atoms with Crippen LogP contribution in [-0.2, 0) is 6.42 Å². The average molecular weight is 322 g/mol. The smallest absolute Gasteiger partial charge is 0.232 e. The molecule has 4 nitrogen and oxygen atoms in total. The molecule has 2 aliphatic rings. The maximum Gasteiger partial charge on any atom is 0.232 e. The molecule has 2 aromatic rings. The molecule has 4 rings (SSSR count). The third-order valence-electron chi connectivity index (χ3n) is 5.36. The summed E-state index contributed by atoms with van der Waals surface area (Å²) in [4.78, 5) is 14.4. The van der Waals surface area contributed by atoms with E-state index in [0.29, 0.717) is 6.04 Å². The van der Waals surface area contributed by atoms with Gasteiger partial charge in [-0.3, -0.25) is 0 Å². The van der Waals surface area contributed by atoms with Gasteiger partial charge in [-0.15, -0.1) is 0 Å². The van der Waals surface area contributed by atoms with Crippen molar-refractivity contribution in [2.45, 2.75) is 46.1 Å². The molecule has 0 amide bonds. The Bertz CT molecular complexity index is 734. The van der Waals surface area contributed by atoms with E-state index in [1.807, 2.05) is 0 Å². The van der Waals surface area contributed by atoms with Crippen molar-refractivity contribution in [3.63, 3.8) is 0 Å². The summed E-state index contributed by atoms with van der Waals surface area (Å²) in [6.07, 6.45) is 3.56. The largest absolute Gasteiger partial charge is 0.356 e. The van der Waals surface area contributed by atoms with Gasteiger partial charge in [0.2, 0.25) is 5.95 Å². The van der Waals surface area contributed by atoms with Crippen molar-refractivity contribution in [3.05, 3.63) is 41.6 Å². The zero-order chi connectivity index (χ0) is 16.7. The molecule has 4 heteroatoms. The molecule has 3 heterocycles. The summed E-state index contributed by atoms with van der Waals surface area (Å²) in [5, 5.41) is 0. The van der Waals surface area contributed by atoms with Gasteiger partial charge in [-0.2, -0.15) is 4.98 Å². The highest BCUT2D eigenvalue weighted by Crippen LogP contribution is 2.37. The number of anilines is 3. The van der Waals surface area contributed by atoms with Crippen LogP contribution in [0.1, 0.15) is 37.9 Å². The number of piperidine rings is 1. The van der Waals surface area contributed by atoms with E-state index >= 15 is 0 Å². The Morgan fingerprint density at radius 3 is 2.58 bits per heavy atom. The minimum atomic E-state index is 0.401. The first-order valence-electron chi connectivity index (χ1n) is 9.09. The number of fused-ring (bicyclic) bond motifs is 1. The van der Waals surface area contributed by atoms with E-state index in [9.17, 15) is 0 Å². The Balaban J connectivity index is 1.69. The van der Waals surface area contributed by atoms with Gasteiger partial charge < -0.3 is 9.80 Å². The second kappa shape index (κ2) is 6.08. The van der Waals surface area contributed by atoms with Crippen LogP contribution >= 0.6 is 0 Å². The number of hydrogen-bond donors (Lipinski definition) is 0. The molecule has 24 heavy (non-hydrogen) atoms. The maximum atomic E-state index is 4.95. The first kappa shape index (κ1) is 15.4. The van der Waals surface area contributed by atoms with Crippen molar-refractivity contribution in [3.8, 4) is 0 Å². The highest BCUT2D eigenvalue weighted by Gasteiger charge is 2.29. The molecule has 0 radical (unpaired) electrons. The Hall–Kier alpha value is -2.10. The van der Waals surface area contributed by atoms with Crippen LogP contribution in [0.2, 0.25) is 0 Å². The summed E-state index contributed by atoms with van der Waals surface area (Å²) in [5.74, 6) is 2.76. The summed E-state index contributed by atoms with van der Waals surface area (Å²) in [6, 6.07) is 11.2. The van der Waals surface area contributed by atoms with E-state index in [-0.39, 0.29) is 0 Å². The SMILES string of the molecule is Cc1cc(N2CCC(C)CC2)nc(N2c3ccccc3CC2C)n1. The molecular weight excluding hydrogens is 296 g/mol. The molecule has 0 aliphatic carbocycles. The zero-order valence-corrected chi connectivity index (χ0v) is 14.9. The van der Waals surface area contributed by atoms with Crippen LogP contribution < -0.4 is 9.80 Å². The molecule has 2 aliphatic heterocycles. The van der Waals surface area contributed by atoms with E-state index in [4.69, 9.17) is 9.97 Å². The fraction of sp³-hybridized carbons (Fsp3) is 0.500. The zero-order valence-electron chi connectivity index (χ0n) is 14.9. The molecule has 0 spiro atoms. The summed E-state index contributed by atoms with van der Waals surface area (Å²) >= 11 is 0. The fourth-order valence-corrected chi connectivity index (χ4v) is 3.91. The number of para-hydroxylation sites is 1. The standard InChI is InChI=1S/C20H26N4/c1-14-8-10-23(11-9-14)19-12-15(2)21-20(22-19)24-16(3)13-17-6-4-5-7-18(17)24/h4-7,12,14,16H,8-11,13H2,1-3H3.